The summed E-state index contributed by atoms with van der Waals surface area (Å²) in [6.07, 6.45) is -3.26. The molecule has 1 aliphatic rings. The molecule has 2 heterocycles. The first-order valence-corrected chi connectivity index (χ1v) is 7.93. The summed E-state index contributed by atoms with van der Waals surface area (Å²) in [7, 11) is -5.17. The van der Waals surface area contributed by atoms with Gasteiger partial charge >= 0.3 is 0 Å². The van der Waals surface area contributed by atoms with E-state index in [2.05, 4.69) is 9.62 Å². The quantitative estimate of drug-likeness (QED) is 0.646. The van der Waals surface area contributed by atoms with Gasteiger partial charge in [0.05, 0.1) is 19.9 Å². The Morgan fingerprint density at radius 1 is 1.32 bits per heavy atom. The lowest BCUT2D eigenvalue weighted by Gasteiger charge is -2.30. The zero-order valence-electron chi connectivity index (χ0n) is 11.2. The van der Waals surface area contributed by atoms with Gasteiger partial charge in [-0.1, -0.05) is 18.2 Å². The van der Waals surface area contributed by atoms with Gasteiger partial charge in [-0.2, -0.15) is 5.10 Å². The van der Waals surface area contributed by atoms with Crippen LogP contribution in [0.2, 0.25) is 0 Å². The van der Waals surface area contributed by atoms with E-state index in [4.69, 9.17) is 4.74 Å². The predicted molar refractivity (Wildman–Crippen MR) is 69.2 cm³/mol. The molecule has 0 saturated carbocycles. The van der Waals surface area contributed by atoms with E-state index < -0.39 is 39.0 Å². The van der Waals surface area contributed by atoms with Gasteiger partial charge in [-0.25, -0.2) is 4.68 Å². The zero-order valence-corrected chi connectivity index (χ0v) is 12.1. The van der Waals surface area contributed by atoms with Crippen LogP contribution < -0.4 is 9.79 Å². The van der Waals surface area contributed by atoms with Crippen molar-refractivity contribution in [3.05, 3.63) is 30.5 Å². The standard InChI is InChI=1S/C12H15N2O7P/c15-10-9(6-20-22(17,18)19)21-12(11(10)16)14-5-7-3-1-2-4-8(7)13-14/h1-5,9-12,15-16H,6H2,(H2,17,18,19)/p-2/t9-,10-,11-,12-/m1/s1. The second kappa shape index (κ2) is 5.71. The number of hydrogen-bond acceptors (Lipinski definition) is 8. The van der Waals surface area contributed by atoms with Crippen molar-refractivity contribution in [3.63, 3.8) is 0 Å². The Balaban J connectivity index is 1.78. The molecule has 2 N–H and O–H groups in total. The molecule has 1 aromatic heterocycles. The van der Waals surface area contributed by atoms with Crippen LogP contribution in [0.25, 0.3) is 10.9 Å². The second-order valence-electron chi connectivity index (χ2n) is 4.96. The monoisotopic (exact) mass is 328 g/mol. The average Bonchev–Trinajstić information content (AvgIpc) is 2.99. The molecule has 4 atom stereocenters. The first kappa shape index (κ1) is 15.6. The molecule has 3 rings (SSSR count). The number of aliphatic hydroxyl groups is 2. The molecule has 2 aromatic rings. The van der Waals surface area contributed by atoms with E-state index >= 15 is 0 Å². The van der Waals surface area contributed by atoms with Crippen LogP contribution in [0.5, 0.6) is 0 Å². The molecule has 22 heavy (non-hydrogen) atoms. The minimum absolute atomic E-state index is 0.667. The van der Waals surface area contributed by atoms with Crippen molar-refractivity contribution in [3.8, 4) is 0 Å². The molecule has 0 aliphatic carbocycles. The molecule has 1 aliphatic heterocycles. The van der Waals surface area contributed by atoms with Crippen molar-refractivity contribution in [2.75, 3.05) is 6.61 Å². The molecule has 1 fully saturated rings. The number of fused-ring (bicyclic) bond motifs is 1. The Kier molecular flexibility index (Phi) is 4.04. The molecule has 1 saturated heterocycles. The zero-order chi connectivity index (χ0) is 15.9. The summed E-state index contributed by atoms with van der Waals surface area (Å²) in [6.45, 7) is -0.667. The average molecular weight is 328 g/mol. The number of aliphatic hydroxyl groups excluding tert-OH is 2. The third-order valence-electron chi connectivity index (χ3n) is 3.43. The number of rotatable bonds is 4. The molecule has 0 unspecified atom stereocenters. The molecule has 9 nitrogen and oxygen atoms in total. The summed E-state index contributed by atoms with van der Waals surface area (Å²) in [5.74, 6) is 0. The highest BCUT2D eigenvalue weighted by Crippen LogP contribution is 2.33. The molecule has 1 aromatic carbocycles. The molecular formula is C12H13N2O7P-2. The molecule has 0 spiro atoms. The maximum atomic E-state index is 10.5. The Bertz CT molecular complexity index is 681. The fourth-order valence-corrected chi connectivity index (χ4v) is 2.69. The number of phosphoric acid groups is 1. The first-order valence-electron chi connectivity index (χ1n) is 6.47. The summed E-state index contributed by atoms with van der Waals surface area (Å²) >= 11 is 0. The number of aromatic nitrogens is 2. The van der Waals surface area contributed by atoms with Gasteiger partial charge in [-0.3, -0.25) is 0 Å². The Hall–Kier alpha value is -1.32. The topological polar surface area (TPSA) is 140 Å². The van der Waals surface area contributed by atoms with Gasteiger partial charge in [0.2, 0.25) is 0 Å². The molecule has 10 heteroatoms. The van der Waals surface area contributed by atoms with Crippen LogP contribution in [0.3, 0.4) is 0 Å². The summed E-state index contributed by atoms with van der Waals surface area (Å²) in [6, 6.07) is 7.22. The van der Waals surface area contributed by atoms with Crippen LogP contribution in [0.15, 0.2) is 30.5 Å². The number of nitrogens with zero attached hydrogens (tertiary/aromatic N) is 2. The molecule has 120 valence electrons. The maximum Gasteiger partial charge on any atom is 0.179 e. The lowest BCUT2D eigenvalue weighted by Crippen LogP contribution is -2.34. The Morgan fingerprint density at radius 2 is 2.05 bits per heavy atom. The van der Waals surface area contributed by atoms with Crippen molar-refractivity contribution in [1.29, 1.82) is 0 Å². The predicted octanol–water partition coefficient (Wildman–Crippen LogP) is -1.50. The van der Waals surface area contributed by atoms with E-state index in [-0.39, 0.29) is 0 Å². The van der Waals surface area contributed by atoms with E-state index in [0.717, 1.165) is 5.39 Å². The summed E-state index contributed by atoms with van der Waals surface area (Å²) in [5.41, 5.74) is 0.677. The summed E-state index contributed by atoms with van der Waals surface area (Å²) in [5, 5.41) is 24.9. The van der Waals surface area contributed by atoms with E-state index in [1.165, 1.54) is 4.68 Å². The highest BCUT2D eigenvalue weighted by atomic mass is 31.2. The van der Waals surface area contributed by atoms with Crippen LogP contribution in [0.4, 0.5) is 0 Å². The highest BCUT2D eigenvalue weighted by molar-refractivity contribution is 7.43. The smallest absolute Gasteiger partial charge is 0.179 e. The van der Waals surface area contributed by atoms with Crippen molar-refractivity contribution >= 4 is 18.7 Å². The van der Waals surface area contributed by atoms with E-state index in [1.807, 2.05) is 12.1 Å². The third-order valence-corrected chi connectivity index (χ3v) is 3.89. The molecular weight excluding hydrogens is 315 g/mol. The number of hydrogen-bond donors (Lipinski definition) is 2. The summed E-state index contributed by atoms with van der Waals surface area (Å²) in [4.78, 5) is 21.0. The van der Waals surface area contributed by atoms with Crippen molar-refractivity contribution in [2.45, 2.75) is 24.5 Å². The molecule has 0 amide bonds. The Morgan fingerprint density at radius 3 is 2.73 bits per heavy atom. The minimum atomic E-state index is -5.17. The number of phosphoric ester groups is 1. The Labute approximate surface area is 124 Å². The highest BCUT2D eigenvalue weighted by Gasteiger charge is 2.44. The van der Waals surface area contributed by atoms with Crippen molar-refractivity contribution in [2.24, 2.45) is 0 Å². The van der Waals surface area contributed by atoms with Gasteiger partial charge in [0.15, 0.2) is 6.23 Å². The van der Waals surface area contributed by atoms with Gasteiger partial charge in [0.25, 0.3) is 0 Å². The fraction of sp³-hybridized carbons (Fsp3) is 0.417. The van der Waals surface area contributed by atoms with Crippen LogP contribution in [-0.2, 0) is 13.8 Å². The van der Waals surface area contributed by atoms with E-state index in [9.17, 15) is 24.6 Å². The third kappa shape index (κ3) is 3.06. The number of benzene rings is 1. The fourth-order valence-electron chi connectivity index (χ4n) is 2.36. The van der Waals surface area contributed by atoms with Gasteiger partial charge in [-0.05, 0) is 6.07 Å². The molecule has 0 radical (unpaired) electrons. The van der Waals surface area contributed by atoms with Gasteiger partial charge in [0.1, 0.15) is 18.3 Å². The first-order chi connectivity index (χ1) is 10.3. The molecule has 0 bridgehead atoms. The van der Waals surface area contributed by atoms with Crippen LogP contribution >= 0.6 is 7.82 Å². The number of ether oxygens (including phenoxy) is 1. The van der Waals surface area contributed by atoms with Crippen molar-refractivity contribution in [1.82, 2.24) is 9.78 Å². The van der Waals surface area contributed by atoms with Gasteiger partial charge in [-0.15, -0.1) is 0 Å². The van der Waals surface area contributed by atoms with Crippen LogP contribution in [0, 0.1) is 0 Å². The minimum Gasteiger partial charge on any atom is -0.790 e. The SMILES string of the molecule is O=P([O-])([O-])OC[C@H]1O[C@@H](n2cc3ccccc3n2)[C@H](O)[C@@H]1O. The maximum absolute atomic E-state index is 10.5. The van der Waals surface area contributed by atoms with E-state index in [0.29, 0.717) is 5.52 Å². The van der Waals surface area contributed by atoms with Crippen LogP contribution in [0.1, 0.15) is 6.23 Å². The normalized spacial score (nSPS) is 29.3. The van der Waals surface area contributed by atoms with Gasteiger partial charge < -0.3 is 33.8 Å². The lowest BCUT2D eigenvalue weighted by molar-refractivity contribution is -0.343. The van der Waals surface area contributed by atoms with E-state index in [1.54, 1.807) is 18.3 Å². The van der Waals surface area contributed by atoms with Gasteiger partial charge in [0, 0.05) is 11.6 Å². The van der Waals surface area contributed by atoms with Crippen LogP contribution in [-0.4, -0.2) is 44.9 Å². The summed E-state index contributed by atoms with van der Waals surface area (Å²) < 4.78 is 21.3. The largest absolute Gasteiger partial charge is 0.790 e. The lowest BCUT2D eigenvalue weighted by atomic mass is 10.1. The second-order valence-corrected chi connectivity index (χ2v) is 6.11. The van der Waals surface area contributed by atoms with Crippen molar-refractivity contribution < 1.29 is 33.8 Å².